The Morgan fingerprint density at radius 3 is 2.35 bits per heavy atom. The molecule has 0 radical (unpaired) electrons. The number of carbonyl (C=O) groups excluding carboxylic acids is 2. The molecule has 4 nitrogen and oxygen atoms in total. The van der Waals surface area contributed by atoms with Gasteiger partial charge in [0.25, 0.3) is 0 Å². The number of nitrogens with one attached hydrogen (secondary N) is 2. The van der Waals surface area contributed by atoms with Crippen LogP contribution in [0.4, 0.5) is 0 Å². The second-order valence-corrected chi connectivity index (χ2v) is 5.46. The minimum atomic E-state index is -0.171. The molecular formula is C13H22N2O2. The van der Waals surface area contributed by atoms with Gasteiger partial charge >= 0.3 is 0 Å². The van der Waals surface area contributed by atoms with Gasteiger partial charge in [-0.2, -0.15) is 0 Å². The molecule has 1 aliphatic carbocycles. The van der Waals surface area contributed by atoms with Crippen molar-refractivity contribution in [2.75, 3.05) is 13.6 Å². The Balaban J connectivity index is 2.54. The van der Waals surface area contributed by atoms with Crippen LogP contribution in [0.1, 0.15) is 27.7 Å². The van der Waals surface area contributed by atoms with Crippen LogP contribution in [0.15, 0.2) is 11.6 Å². The minimum absolute atomic E-state index is 0.00401. The molecule has 0 aromatic heterocycles. The fourth-order valence-corrected chi connectivity index (χ4v) is 2.21. The SMILES string of the molecule is CNC(=O)CNC(=O)[C@H]1[C@H](C=C(C)C)C1(C)C. The molecule has 2 N–H and O–H groups in total. The Morgan fingerprint density at radius 2 is 1.88 bits per heavy atom. The van der Waals surface area contributed by atoms with E-state index in [1.165, 1.54) is 5.57 Å². The van der Waals surface area contributed by atoms with E-state index < -0.39 is 0 Å². The molecule has 0 heterocycles. The van der Waals surface area contributed by atoms with Gasteiger partial charge in [-0.05, 0) is 25.2 Å². The number of amides is 2. The molecule has 4 heteroatoms. The highest BCUT2D eigenvalue weighted by atomic mass is 16.2. The standard InChI is InChI=1S/C13H22N2O2/c1-8(2)6-9-11(13(9,3)4)12(17)15-7-10(16)14-5/h6,9,11H,7H2,1-5H3,(H,14,16)(H,15,17)/t9-,11+/m0/s1. The lowest BCUT2D eigenvalue weighted by Gasteiger charge is -2.04. The Hall–Kier alpha value is -1.32. The first-order chi connectivity index (χ1) is 7.80. The van der Waals surface area contributed by atoms with Crippen molar-refractivity contribution in [3.05, 3.63) is 11.6 Å². The second-order valence-electron chi connectivity index (χ2n) is 5.46. The van der Waals surface area contributed by atoms with Crippen molar-refractivity contribution in [2.24, 2.45) is 17.3 Å². The van der Waals surface area contributed by atoms with Gasteiger partial charge in [0.05, 0.1) is 12.5 Å². The van der Waals surface area contributed by atoms with Gasteiger partial charge in [0.2, 0.25) is 11.8 Å². The van der Waals surface area contributed by atoms with Crippen LogP contribution in [0.3, 0.4) is 0 Å². The monoisotopic (exact) mass is 238 g/mol. The molecule has 1 rings (SSSR count). The summed E-state index contributed by atoms with van der Waals surface area (Å²) in [7, 11) is 1.56. The summed E-state index contributed by atoms with van der Waals surface area (Å²) in [4.78, 5) is 23.0. The van der Waals surface area contributed by atoms with Gasteiger partial charge in [-0.3, -0.25) is 9.59 Å². The molecule has 1 aliphatic rings. The van der Waals surface area contributed by atoms with Crippen molar-refractivity contribution in [2.45, 2.75) is 27.7 Å². The first-order valence-electron chi connectivity index (χ1n) is 5.94. The van der Waals surface area contributed by atoms with Gasteiger partial charge in [-0.15, -0.1) is 0 Å². The third kappa shape index (κ3) is 3.08. The zero-order valence-electron chi connectivity index (χ0n) is 11.3. The smallest absolute Gasteiger partial charge is 0.239 e. The first kappa shape index (κ1) is 13.7. The predicted octanol–water partition coefficient (Wildman–Crippen LogP) is 1.09. The van der Waals surface area contributed by atoms with Crippen LogP contribution in [0, 0.1) is 17.3 Å². The molecular weight excluding hydrogens is 216 g/mol. The average molecular weight is 238 g/mol. The minimum Gasteiger partial charge on any atom is -0.358 e. The molecule has 0 aliphatic heterocycles. The molecule has 0 spiro atoms. The number of hydrogen-bond acceptors (Lipinski definition) is 2. The van der Waals surface area contributed by atoms with Crippen LogP contribution in [0.25, 0.3) is 0 Å². The normalized spacial score (nSPS) is 24.8. The van der Waals surface area contributed by atoms with Crippen molar-refractivity contribution in [1.29, 1.82) is 0 Å². The van der Waals surface area contributed by atoms with E-state index in [0.717, 1.165) is 0 Å². The molecule has 0 unspecified atom stereocenters. The summed E-state index contributed by atoms with van der Waals surface area (Å²) in [6.45, 7) is 8.30. The Morgan fingerprint density at radius 1 is 1.29 bits per heavy atom. The quantitative estimate of drug-likeness (QED) is 0.720. The highest BCUT2D eigenvalue weighted by Crippen LogP contribution is 2.59. The summed E-state index contributed by atoms with van der Waals surface area (Å²) in [5, 5.41) is 5.15. The van der Waals surface area contributed by atoms with E-state index in [0.29, 0.717) is 0 Å². The van der Waals surface area contributed by atoms with Crippen LogP contribution in [0.2, 0.25) is 0 Å². The zero-order valence-corrected chi connectivity index (χ0v) is 11.3. The third-order valence-corrected chi connectivity index (χ3v) is 3.41. The van der Waals surface area contributed by atoms with Gasteiger partial charge in [-0.25, -0.2) is 0 Å². The van der Waals surface area contributed by atoms with E-state index in [1.807, 2.05) is 13.8 Å². The average Bonchev–Trinajstić information content (AvgIpc) is 2.75. The van der Waals surface area contributed by atoms with Crippen molar-refractivity contribution in [3.8, 4) is 0 Å². The lowest BCUT2D eigenvalue weighted by molar-refractivity contribution is -0.127. The van der Waals surface area contributed by atoms with E-state index in [4.69, 9.17) is 0 Å². The van der Waals surface area contributed by atoms with E-state index >= 15 is 0 Å². The fraction of sp³-hybridized carbons (Fsp3) is 0.692. The second kappa shape index (κ2) is 4.90. The fourth-order valence-electron chi connectivity index (χ4n) is 2.21. The highest BCUT2D eigenvalue weighted by molar-refractivity contribution is 5.88. The number of hydrogen-bond donors (Lipinski definition) is 2. The third-order valence-electron chi connectivity index (χ3n) is 3.41. The predicted molar refractivity (Wildman–Crippen MR) is 67.3 cm³/mol. The highest BCUT2D eigenvalue weighted by Gasteiger charge is 2.60. The molecule has 0 saturated heterocycles. The van der Waals surface area contributed by atoms with Crippen molar-refractivity contribution >= 4 is 11.8 Å². The van der Waals surface area contributed by atoms with Gasteiger partial charge in [0.1, 0.15) is 0 Å². The number of likely N-dealkylation sites (N-methyl/N-ethyl adjacent to an activating group) is 1. The maximum absolute atomic E-state index is 11.9. The van der Waals surface area contributed by atoms with E-state index in [1.54, 1.807) is 7.05 Å². The van der Waals surface area contributed by atoms with Crippen molar-refractivity contribution in [3.63, 3.8) is 0 Å². The summed E-state index contributed by atoms with van der Waals surface area (Å²) in [6.07, 6.45) is 2.14. The largest absolute Gasteiger partial charge is 0.358 e. The number of carbonyl (C=O) groups is 2. The molecule has 96 valence electrons. The summed E-state index contributed by atoms with van der Waals surface area (Å²) < 4.78 is 0. The lowest BCUT2D eigenvalue weighted by atomic mass is 10.1. The van der Waals surface area contributed by atoms with E-state index in [-0.39, 0.29) is 35.6 Å². The van der Waals surface area contributed by atoms with Crippen LogP contribution in [-0.4, -0.2) is 25.4 Å². The molecule has 2 amide bonds. The Labute approximate surface area is 103 Å². The zero-order chi connectivity index (χ0) is 13.2. The lowest BCUT2D eigenvalue weighted by Crippen LogP contribution is -2.36. The topological polar surface area (TPSA) is 58.2 Å². The summed E-state index contributed by atoms with van der Waals surface area (Å²) in [5.74, 6) is 0.0796. The number of rotatable bonds is 4. The summed E-state index contributed by atoms with van der Waals surface area (Å²) in [6, 6.07) is 0. The molecule has 1 saturated carbocycles. The molecule has 0 aromatic carbocycles. The molecule has 2 atom stereocenters. The number of allylic oxidation sites excluding steroid dienone is 2. The first-order valence-corrected chi connectivity index (χ1v) is 5.94. The summed E-state index contributed by atoms with van der Waals surface area (Å²) >= 11 is 0. The van der Waals surface area contributed by atoms with Crippen molar-refractivity contribution in [1.82, 2.24) is 10.6 Å². The molecule has 0 aromatic rings. The summed E-state index contributed by atoms with van der Waals surface area (Å²) in [5.41, 5.74) is 1.23. The van der Waals surface area contributed by atoms with Crippen LogP contribution in [0.5, 0.6) is 0 Å². The van der Waals surface area contributed by atoms with E-state index in [9.17, 15) is 9.59 Å². The Kier molecular flexibility index (Phi) is 3.96. The molecule has 1 fully saturated rings. The molecule has 0 bridgehead atoms. The maximum atomic E-state index is 11.9. The van der Waals surface area contributed by atoms with Crippen molar-refractivity contribution < 1.29 is 9.59 Å². The van der Waals surface area contributed by atoms with Crippen LogP contribution >= 0.6 is 0 Å². The Bertz CT molecular complexity index is 354. The van der Waals surface area contributed by atoms with Crippen LogP contribution < -0.4 is 10.6 Å². The van der Waals surface area contributed by atoms with Gasteiger partial charge in [0.15, 0.2) is 0 Å². The van der Waals surface area contributed by atoms with E-state index in [2.05, 4.69) is 30.6 Å². The van der Waals surface area contributed by atoms with Gasteiger partial charge in [0, 0.05) is 7.05 Å². The maximum Gasteiger partial charge on any atom is 0.239 e. The van der Waals surface area contributed by atoms with Crippen LogP contribution in [-0.2, 0) is 9.59 Å². The molecule has 17 heavy (non-hydrogen) atoms. The van der Waals surface area contributed by atoms with Gasteiger partial charge < -0.3 is 10.6 Å². The van der Waals surface area contributed by atoms with Gasteiger partial charge in [-0.1, -0.05) is 25.5 Å².